The van der Waals surface area contributed by atoms with Gasteiger partial charge in [-0.3, -0.25) is 0 Å². The number of rotatable bonds is 11. The van der Waals surface area contributed by atoms with E-state index in [1.165, 1.54) is 7.11 Å². The van der Waals surface area contributed by atoms with Gasteiger partial charge in [0.25, 0.3) is 0 Å². The van der Waals surface area contributed by atoms with Gasteiger partial charge in [-0.1, -0.05) is 31.2 Å². The van der Waals surface area contributed by atoms with E-state index in [1.54, 1.807) is 62.0 Å². The zero-order valence-corrected chi connectivity index (χ0v) is 21.5. The Morgan fingerprint density at radius 1 is 1.28 bits per heavy atom. The molecule has 0 saturated carbocycles. The van der Waals surface area contributed by atoms with Crippen LogP contribution in [0.2, 0.25) is 0 Å². The summed E-state index contributed by atoms with van der Waals surface area (Å²) in [4.78, 5) is 16.6. The fourth-order valence-corrected chi connectivity index (χ4v) is 4.10. The Bertz CT molecular complexity index is 1120. The molecule has 1 fully saturated rings. The molecule has 2 aromatic rings. The Morgan fingerprint density at radius 3 is 2.64 bits per heavy atom. The average molecular weight is 505 g/mol. The zero-order chi connectivity index (χ0) is 26.6. The topological polar surface area (TPSA) is 132 Å². The van der Waals surface area contributed by atoms with E-state index < -0.39 is 36.2 Å². The normalized spacial score (nSPS) is 22.4. The second kappa shape index (κ2) is 11.5. The molecule has 3 N–H and O–H groups in total. The average Bonchev–Trinajstić information content (AvgIpc) is 3.33. The number of aliphatic hydroxyl groups is 2. The van der Waals surface area contributed by atoms with Gasteiger partial charge < -0.3 is 38.8 Å². The summed E-state index contributed by atoms with van der Waals surface area (Å²) in [6, 6.07) is 1.63. The van der Waals surface area contributed by atoms with Crippen molar-refractivity contribution in [3.05, 3.63) is 41.7 Å². The third kappa shape index (κ3) is 6.32. The van der Waals surface area contributed by atoms with Gasteiger partial charge in [0.1, 0.15) is 23.5 Å². The van der Waals surface area contributed by atoms with Crippen LogP contribution in [0.5, 0.6) is 5.75 Å². The Hall–Kier alpha value is -2.76. The Labute approximate surface area is 210 Å². The molecule has 1 aromatic carbocycles. The van der Waals surface area contributed by atoms with E-state index in [0.29, 0.717) is 23.0 Å². The third-order valence-electron chi connectivity index (χ3n) is 6.15. The predicted octanol–water partition coefficient (Wildman–Crippen LogP) is 3.11. The van der Waals surface area contributed by atoms with Gasteiger partial charge >= 0.3 is 5.97 Å². The van der Waals surface area contributed by atoms with Gasteiger partial charge in [0.15, 0.2) is 12.6 Å². The van der Waals surface area contributed by atoms with Crippen LogP contribution in [0, 0.1) is 5.92 Å². The van der Waals surface area contributed by atoms with Crippen LogP contribution in [0.25, 0.3) is 17.1 Å². The molecular weight excluding hydrogens is 468 g/mol. The van der Waals surface area contributed by atoms with Crippen LogP contribution in [0.15, 0.2) is 30.6 Å². The fraction of sp³-hybridized carbons (Fsp3) is 0.538. The third-order valence-corrected chi connectivity index (χ3v) is 6.15. The minimum Gasteiger partial charge on any atom is -0.478 e. The fourth-order valence-electron chi connectivity index (χ4n) is 4.10. The second-order valence-corrected chi connectivity index (χ2v) is 9.49. The van der Waals surface area contributed by atoms with E-state index in [0.717, 1.165) is 0 Å². The quantitative estimate of drug-likeness (QED) is 0.312. The minimum atomic E-state index is -1.15. The van der Waals surface area contributed by atoms with Gasteiger partial charge in [-0.05, 0) is 33.1 Å². The van der Waals surface area contributed by atoms with Crippen molar-refractivity contribution in [2.75, 3.05) is 13.9 Å². The van der Waals surface area contributed by atoms with Crippen molar-refractivity contribution < 1.29 is 39.1 Å². The molecule has 0 amide bonds. The molecule has 0 spiro atoms. The number of aliphatic hydroxyl groups excluding tert-OH is 2. The summed E-state index contributed by atoms with van der Waals surface area (Å²) in [5.41, 5.74) is 1.60. The first-order chi connectivity index (χ1) is 16.9. The van der Waals surface area contributed by atoms with Crippen LogP contribution in [-0.2, 0) is 21.3 Å². The highest BCUT2D eigenvalue weighted by Gasteiger charge is 2.43. The molecule has 0 aliphatic carbocycles. The number of ether oxygens (including phenoxy) is 4. The van der Waals surface area contributed by atoms with E-state index in [4.69, 9.17) is 18.9 Å². The predicted molar refractivity (Wildman–Crippen MR) is 134 cm³/mol. The van der Waals surface area contributed by atoms with E-state index in [-0.39, 0.29) is 24.0 Å². The van der Waals surface area contributed by atoms with Crippen molar-refractivity contribution in [1.82, 2.24) is 9.55 Å². The maximum absolute atomic E-state index is 12.2. The molecule has 0 radical (unpaired) electrons. The first-order valence-corrected chi connectivity index (χ1v) is 11.8. The zero-order valence-electron chi connectivity index (χ0n) is 21.5. The molecule has 2 heterocycles. The van der Waals surface area contributed by atoms with Crippen molar-refractivity contribution >= 4 is 23.1 Å². The Morgan fingerprint density at radius 2 is 2.00 bits per heavy atom. The van der Waals surface area contributed by atoms with E-state index in [2.05, 4.69) is 4.98 Å². The van der Waals surface area contributed by atoms with Crippen molar-refractivity contribution in [2.45, 2.75) is 64.3 Å². The summed E-state index contributed by atoms with van der Waals surface area (Å²) < 4.78 is 24.3. The molecule has 10 heteroatoms. The number of fused-ring (bicyclic) bond motifs is 1. The van der Waals surface area contributed by atoms with Gasteiger partial charge in [0.2, 0.25) is 0 Å². The van der Waals surface area contributed by atoms with Crippen molar-refractivity contribution in [1.29, 1.82) is 0 Å². The first kappa shape index (κ1) is 27.8. The molecule has 5 atom stereocenters. The molecule has 1 aliphatic rings. The van der Waals surface area contributed by atoms with E-state index in [1.807, 2.05) is 14.0 Å². The lowest BCUT2D eigenvalue weighted by Gasteiger charge is -2.20. The number of benzene rings is 1. The lowest BCUT2D eigenvalue weighted by molar-refractivity contribution is -0.152. The summed E-state index contributed by atoms with van der Waals surface area (Å²) >= 11 is 0. The standard InChI is InChI=1S/C26H36N2O8/c1-15(16(2)29)10-11-19(30)24-20(35-26(3,4)36-24)9-7-8-17-22(25(31)32)21(34-14-33-6)12-18-23(17)27-13-28(18)5/h7-8,10-13,15-16,19-20,24,29-30H,9,14H2,1-6H3,(H,31,32)/b8-7+,11-10-/t15-,16?,19?,20+,24-/m1/s1. The minimum absolute atomic E-state index is 0.0231. The number of carbonyl (C=O) groups is 1. The highest BCUT2D eigenvalue weighted by molar-refractivity contribution is 6.03. The van der Waals surface area contributed by atoms with Crippen LogP contribution in [-0.4, -0.2) is 74.9 Å². The molecule has 198 valence electrons. The van der Waals surface area contributed by atoms with Gasteiger partial charge in [0, 0.05) is 25.8 Å². The maximum Gasteiger partial charge on any atom is 0.340 e. The summed E-state index contributed by atoms with van der Waals surface area (Å²) in [6.07, 6.45) is 6.16. The Balaban J connectivity index is 1.90. The molecule has 10 nitrogen and oxygen atoms in total. The summed E-state index contributed by atoms with van der Waals surface area (Å²) in [6.45, 7) is 6.99. The number of hydrogen-bond donors (Lipinski definition) is 3. The van der Waals surface area contributed by atoms with Gasteiger partial charge in [-0.25, -0.2) is 9.78 Å². The smallest absolute Gasteiger partial charge is 0.340 e. The lowest BCUT2D eigenvalue weighted by atomic mass is 9.99. The van der Waals surface area contributed by atoms with Crippen molar-refractivity contribution in [3.63, 3.8) is 0 Å². The molecule has 1 saturated heterocycles. The maximum atomic E-state index is 12.2. The largest absolute Gasteiger partial charge is 0.478 e. The van der Waals surface area contributed by atoms with Crippen LogP contribution < -0.4 is 4.74 Å². The number of aromatic carboxylic acids is 1. The summed E-state index contributed by atoms with van der Waals surface area (Å²) in [5, 5.41) is 30.4. The lowest BCUT2D eigenvalue weighted by Crippen LogP contribution is -2.34. The molecule has 1 aliphatic heterocycles. The van der Waals surface area contributed by atoms with Gasteiger partial charge in [-0.15, -0.1) is 0 Å². The molecule has 3 rings (SSSR count). The number of aromatic nitrogens is 2. The van der Waals surface area contributed by atoms with Gasteiger partial charge in [0.05, 0.1) is 29.6 Å². The Kier molecular flexibility index (Phi) is 8.91. The summed E-state index contributed by atoms with van der Waals surface area (Å²) in [7, 11) is 3.27. The van der Waals surface area contributed by atoms with Crippen molar-refractivity contribution in [3.8, 4) is 5.75 Å². The number of hydrogen-bond acceptors (Lipinski definition) is 8. The molecule has 36 heavy (non-hydrogen) atoms. The first-order valence-electron chi connectivity index (χ1n) is 11.8. The molecule has 0 bridgehead atoms. The van der Waals surface area contributed by atoms with Crippen LogP contribution >= 0.6 is 0 Å². The van der Waals surface area contributed by atoms with Gasteiger partial charge in [-0.2, -0.15) is 0 Å². The second-order valence-electron chi connectivity index (χ2n) is 9.49. The molecule has 1 aromatic heterocycles. The number of carboxylic acid groups (broad SMARTS) is 1. The van der Waals surface area contributed by atoms with E-state index >= 15 is 0 Å². The highest BCUT2D eigenvalue weighted by atomic mass is 16.8. The number of carboxylic acids is 1. The number of methoxy groups -OCH3 is 1. The molecule has 2 unspecified atom stereocenters. The van der Waals surface area contributed by atoms with E-state index in [9.17, 15) is 20.1 Å². The van der Waals surface area contributed by atoms with Crippen LogP contribution in [0.1, 0.15) is 50.0 Å². The molecular formula is C26H36N2O8. The summed E-state index contributed by atoms with van der Waals surface area (Å²) in [5.74, 6) is -2.01. The van der Waals surface area contributed by atoms with Crippen LogP contribution in [0.3, 0.4) is 0 Å². The SMILES string of the molecule is COCOc1cc2c(ncn2C)c(/C=C/C[C@@H]2OC(C)(C)O[C@@H]2C(O)/C=C\[C@@H](C)C(C)O)c1C(=O)O. The number of nitrogens with zero attached hydrogens (tertiary/aromatic N) is 2. The number of imidazole rings is 1. The number of aryl methyl sites for hydroxylation is 1. The van der Waals surface area contributed by atoms with Crippen molar-refractivity contribution in [2.24, 2.45) is 13.0 Å². The monoisotopic (exact) mass is 504 g/mol. The highest BCUT2D eigenvalue weighted by Crippen LogP contribution is 2.34. The van der Waals surface area contributed by atoms with Crippen LogP contribution in [0.4, 0.5) is 0 Å².